The second-order valence-corrected chi connectivity index (χ2v) is 5.37. The van der Waals surface area contributed by atoms with Gasteiger partial charge in [-0.3, -0.25) is 14.9 Å². The number of amides is 1. The van der Waals surface area contributed by atoms with Crippen molar-refractivity contribution in [2.45, 2.75) is 38.2 Å². The van der Waals surface area contributed by atoms with Gasteiger partial charge in [0.05, 0.1) is 10.5 Å². The number of nitro benzene ring substituents is 1. The van der Waals surface area contributed by atoms with E-state index in [1.807, 2.05) is 0 Å². The number of hydrogen-bond acceptors (Lipinski definition) is 4. The molecule has 0 unspecified atom stereocenters. The number of carbonyl (C=O) groups is 1. The number of nitrogens with zero attached hydrogens (tertiary/aromatic N) is 1. The standard InChI is InChI=1S/C14H18N2O4/c1-10-4-5-11(16(19)20)8-12(10)13(17)15-9-14(18)6-2-3-7-14/h4-5,8,18H,2-3,6-7,9H2,1H3,(H,15,17). The molecule has 0 aliphatic heterocycles. The third-order valence-corrected chi connectivity index (χ3v) is 3.79. The van der Waals surface area contributed by atoms with Crippen LogP contribution in [0.1, 0.15) is 41.6 Å². The number of carbonyl (C=O) groups excluding carboxylic acids is 1. The van der Waals surface area contributed by atoms with Crippen LogP contribution in [0.2, 0.25) is 0 Å². The Balaban J connectivity index is 2.08. The highest BCUT2D eigenvalue weighted by atomic mass is 16.6. The van der Waals surface area contributed by atoms with Crippen molar-refractivity contribution < 1.29 is 14.8 Å². The second-order valence-electron chi connectivity index (χ2n) is 5.37. The lowest BCUT2D eigenvalue weighted by Crippen LogP contribution is -2.40. The first kappa shape index (κ1) is 14.5. The number of non-ortho nitro benzene ring substituents is 1. The molecule has 108 valence electrons. The van der Waals surface area contributed by atoms with Crippen molar-refractivity contribution in [1.82, 2.24) is 5.32 Å². The largest absolute Gasteiger partial charge is 0.388 e. The van der Waals surface area contributed by atoms with Crippen LogP contribution in [0.25, 0.3) is 0 Å². The first-order chi connectivity index (χ1) is 9.41. The van der Waals surface area contributed by atoms with E-state index in [2.05, 4.69) is 5.32 Å². The Morgan fingerprint density at radius 1 is 1.45 bits per heavy atom. The van der Waals surface area contributed by atoms with Crippen LogP contribution in [-0.2, 0) is 0 Å². The molecule has 0 radical (unpaired) electrons. The molecule has 0 spiro atoms. The summed E-state index contributed by atoms with van der Waals surface area (Å²) < 4.78 is 0. The molecule has 6 heteroatoms. The van der Waals surface area contributed by atoms with Crippen molar-refractivity contribution in [2.75, 3.05) is 6.54 Å². The molecule has 6 nitrogen and oxygen atoms in total. The molecule has 0 heterocycles. The maximum absolute atomic E-state index is 12.1. The summed E-state index contributed by atoms with van der Waals surface area (Å²) in [7, 11) is 0. The van der Waals surface area contributed by atoms with Gasteiger partial charge in [-0.2, -0.15) is 0 Å². The summed E-state index contributed by atoms with van der Waals surface area (Å²) in [5.41, 5.74) is 0.0113. The Morgan fingerprint density at radius 2 is 2.10 bits per heavy atom. The van der Waals surface area contributed by atoms with E-state index in [4.69, 9.17) is 0 Å². The fourth-order valence-electron chi connectivity index (χ4n) is 2.52. The lowest BCUT2D eigenvalue weighted by Gasteiger charge is -2.22. The topological polar surface area (TPSA) is 92.5 Å². The van der Waals surface area contributed by atoms with Gasteiger partial charge in [-0.05, 0) is 25.3 Å². The molecular formula is C14H18N2O4. The third kappa shape index (κ3) is 3.14. The maximum Gasteiger partial charge on any atom is 0.270 e. The predicted molar refractivity (Wildman–Crippen MR) is 73.6 cm³/mol. The molecule has 0 bridgehead atoms. The lowest BCUT2D eigenvalue weighted by atomic mass is 10.0. The Bertz CT molecular complexity index is 536. The molecule has 2 rings (SSSR count). The normalized spacial score (nSPS) is 16.9. The van der Waals surface area contributed by atoms with Gasteiger partial charge in [0, 0.05) is 24.2 Å². The second kappa shape index (κ2) is 5.58. The molecule has 20 heavy (non-hydrogen) atoms. The Labute approximate surface area is 117 Å². The van der Waals surface area contributed by atoms with E-state index >= 15 is 0 Å². The van der Waals surface area contributed by atoms with E-state index in [0.717, 1.165) is 12.8 Å². The third-order valence-electron chi connectivity index (χ3n) is 3.79. The molecule has 1 amide bonds. The number of nitrogens with one attached hydrogen (secondary N) is 1. The van der Waals surface area contributed by atoms with Crippen molar-refractivity contribution in [3.05, 3.63) is 39.4 Å². The van der Waals surface area contributed by atoms with Crippen molar-refractivity contribution in [1.29, 1.82) is 0 Å². The summed E-state index contributed by atoms with van der Waals surface area (Å²) in [5.74, 6) is -0.383. The van der Waals surface area contributed by atoms with Crippen molar-refractivity contribution in [3.8, 4) is 0 Å². The molecule has 0 atom stereocenters. The van der Waals surface area contributed by atoms with Crippen LogP contribution in [0, 0.1) is 17.0 Å². The van der Waals surface area contributed by atoms with Crippen LogP contribution >= 0.6 is 0 Å². The Hall–Kier alpha value is -1.95. The van der Waals surface area contributed by atoms with Gasteiger partial charge in [-0.25, -0.2) is 0 Å². The molecule has 2 N–H and O–H groups in total. The minimum atomic E-state index is -0.829. The zero-order chi connectivity index (χ0) is 14.8. The highest BCUT2D eigenvalue weighted by Gasteiger charge is 2.31. The molecular weight excluding hydrogens is 260 g/mol. The van der Waals surface area contributed by atoms with E-state index in [9.17, 15) is 20.0 Å². The van der Waals surface area contributed by atoms with Gasteiger partial charge >= 0.3 is 0 Å². The number of aryl methyl sites for hydroxylation is 1. The average molecular weight is 278 g/mol. The zero-order valence-electron chi connectivity index (χ0n) is 11.4. The van der Waals surface area contributed by atoms with Crippen LogP contribution in [0.5, 0.6) is 0 Å². The maximum atomic E-state index is 12.1. The summed E-state index contributed by atoms with van der Waals surface area (Å²) in [6.07, 6.45) is 3.28. The van der Waals surface area contributed by atoms with E-state index in [1.54, 1.807) is 13.0 Å². The molecule has 1 fully saturated rings. The van der Waals surface area contributed by atoms with Gasteiger partial charge in [0.25, 0.3) is 11.6 Å². The van der Waals surface area contributed by atoms with Gasteiger partial charge < -0.3 is 10.4 Å². The summed E-state index contributed by atoms with van der Waals surface area (Å²) in [4.78, 5) is 22.3. The van der Waals surface area contributed by atoms with E-state index < -0.39 is 10.5 Å². The van der Waals surface area contributed by atoms with Crippen LogP contribution in [0.15, 0.2) is 18.2 Å². The fourth-order valence-corrected chi connectivity index (χ4v) is 2.52. The van der Waals surface area contributed by atoms with Crippen molar-refractivity contribution in [2.24, 2.45) is 0 Å². The van der Waals surface area contributed by atoms with Crippen LogP contribution in [0.4, 0.5) is 5.69 Å². The number of hydrogen-bond donors (Lipinski definition) is 2. The molecule has 1 aliphatic rings. The summed E-state index contributed by atoms with van der Waals surface area (Å²) in [6, 6.07) is 4.19. The van der Waals surface area contributed by atoms with Crippen LogP contribution < -0.4 is 5.32 Å². The van der Waals surface area contributed by atoms with Gasteiger partial charge in [0.1, 0.15) is 0 Å². The summed E-state index contributed by atoms with van der Waals surface area (Å²) >= 11 is 0. The minimum Gasteiger partial charge on any atom is -0.388 e. The molecule has 1 aromatic carbocycles. The van der Waals surface area contributed by atoms with Crippen LogP contribution in [0.3, 0.4) is 0 Å². The van der Waals surface area contributed by atoms with Crippen LogP contribution in [-0.4, -0.2) is 28.1 Å². The lowest BCUT2D eigenvalue weighted by molar-refractivity contribution is -0.384. The Kier molecular flexibility index (Phi) is 4.04. The zero-order valence-corrected chi connectivity index (χ0v) is 11.4. The summed E-state index contributed by atoms with van der Waals surface area (Å²) in [5, 5.41) is 23.6. The smallest absolute Gasteiger partial charge is 0.270 e. The number of aliphatic hydroxyl groups is 1. The van der Waals surface area contributed by atoms with E-state index in [1.165, 1.54) is 12.1 Å². The summed E-state index contributed by atoms with van der Waals surface area (Å²) in [6.45, 7) is 1.91. The number of rotatable bonds is 4. The predicted octanol–water partition coefficient (Wildman–Crippen LogP) is 1.94. The van der Waals surface area contributed by atoms with Gasteiger partial charge in [0.15, 0.2) is 0 Å². The number of nitro groups is 1. The van der Waals surface area contributed by atoms with Gasteiger partial charge in [-0.15, -0.1) is 0 Å². The molecule has 1 aliphatic carbocycles. The fraction of sp³-hybridized carbons (Fsp3) is 0.500. The van der Waals surface area contributed by atoms with Gasteiger partial charge in [0.2, 0.25) is 0 Å². The monoisotopic (exact) mass is 278 g/mol. The van der Waals surface area contributed by atoms with Gasteiger partial charge in [-0.1, -0.05) is 18.9 Å². The molecule has 0 aromatic heterocycles. The van der Waals surface area contributed by atoms with E-state index in [0.29, 0.717) is 18.4 Å². The number of benzene rings is 1. The highest BCUT2D eigenvalue weighted by molar-refractivity contribution is 5.96. The Morgan fingerprint density at radius 3 is 2.70 bits per heavy atom. The highest BCUT2D eigenvalue weighted by Crippen LogP contribution is 2.28. The molecule has 1 saturated carbocycles. The quantitative estimate of drug-likeness (QED) is 0.650. The minimum absolute atomic E-state index is 0.111. The first-order valence-corrected chi connectivity index (χ1v) is 6.67. The first-order valence-electron chi connectivity index (χ1n) is 6.67. The average Bonchev–Trinajstić information content (AvgIpc) is 2.84. The molecule has 0 saturated heterocycles. The SMILES string of the molecule is Cc1ccc([N+](=O)[O-])cc1C(=O)NCC1(O)CCCC1. The van der Waals surface area contributed by atoms with Crippen molar-refractivity contribution in [3.63, 3.8) is 0 Å². The van der Waals surface area contributed by atoms with E-state index in [-0.39, 0.29) is 23.7 Å². The molecule has 1 aromatic rings. The van der Waals surface area contributed by atoms with Crippen molar-refractivity contribution >= 4 is 11.6 Å².